The molecule has 3 heterocycles. The number of hydrogen-bond donors (Lipinski definition) is 0. The molecule has 0 radical (unpaired) electrons. The van der Waals surface area contributed by atoms with Crippen LogP contribution in [0.1, 0.15) is 37.2 Å². The molecule has 6 nitrogen and oxygen atoms in total. The third kappa shape index (κ3) is 2.75. The van der Waals surface area contributed by atoms with Crippen molar-refractivity contribution < 1.29 is 17.6 Å². The molecule has 2 aliphatic heterocycles. The quantitative estimate of drug-likeness (QED) is 0.810. The number of carbonyl (C=O) groups excluding carboxylic acids is 1. The molecule has 1 aromatic heterocycles. The summed E-state index contributed by atoms with van der Waals surface area (Å²) in [5, 5.41) is 0. The molecule has 0 aliphatic carbocycles. The monoisotopic (exact) mass is 374 g/mol. The van der Waals surface area contributed by atoms with Gasteiger partial charge in [0.05, 0.1) is 11.2 Å². The van der Waals surface area contributed by atoms with E-state index in [0.29, 0.717) is 24.4 Å². The van der Waals surface area contributed by atoms with Gasteiger partial charge in [0.15, 0.2) is 0 Å². The van der Waals surface area contributed by atoms with E-state index in [1.807, 2.05) is 13.0 Å². The van der Waals surface area contributed by atoms with Crippen LogP contribution in [-0.2, 0) is 34.2 Å². The van der Waals surface area contributed by atoms with Crippen LogP contribution >= 0.6 is 0 Å². The van der Waals surface area contributed by atoms with E-state index in [4.69, 9.17) is 4.42 Å². The van der Waals surface area contributed by atoms with E-state index in [0.717, 1.165) is 35.4 Å². The van der Waals surface area contributed by atoms with Crippen LogP contribution in [0.2, 0.25) is 0 Å². The molecule has 0 fully saturated rings. The summed E-state index contributed by atoms with van der Waals surface area (Å²) < 4.78 is 33.3. The second-order valence-corrected chi connectivity index (χ2v) is 8.98. The number of amides is 1. The van der Waals surface area contributed by atoms with Crippen molar-refractivity contribution in [3.8, 4) is 0 Å². The van der Waals surface area contributed by atoms with Crippen molar-refractivity contribution in [3.05, 3.63) is 47.4 Å². The first kappa shape index (κ1) is 17.3. The zero-order chi connectivity index (χ0) is 18.5. The number of rotatable bonds is 2. The molecule has 0 saturated carbocycles. The van der Waals surface area contributed by atoms with Crippen LogP contribution in [0.4, 0.5) is 5.69 Å². The fourth-order valence-electron chi connectivity index (χ4n) is 4.01. The van der Waals surface area contributed by atoms with Gasteiger partial charge < -0.3 is 9.32 Å². The lowest BCUT2D eigenvalue weighted by Gasteiger charge is -2.22. The molecule has 1 amide bonds. The average molecular weight is 374 g/mol. The Kier molecular flexibility index (Phi) is 4.16. The fourth-order valence-corrected chi connectivity index (χ4v) is 5.52. The van der Waals surface area contributed by atoms with Gasteiger partial charge in [0, 0.05) is 43.7 Å². The summed E-state index contributed by atoms with van der Waals surface area (Å²) in [6, 6.07) is 6.99. The van der Waals surface area contributed by atoms with E-state index in [1.54, 1.807) is 29.4 Å². The summed E-state index contributed by atoms with van der Waals surface area (Å²) >= 11 is 0. The summed E-state index contributed by atoms with van der Waals surface area (Å²) in [6.07, 6.45) is 3.78. The molecule has 1 aromatic carbocycles. The zero-order valence-corrected chi connectivity index (χ0v) is 15.8. The van der Waals surface area contributed by atoms with E-state index in [2.05, 4.69) is 0 Å². The first-order chi connectivity index (χ1) is 12.4. The number of hydrogen-bond acceptors (Lipinski definition) is 4. The molecular formula is C19H22N2O4S. The van der Waals surface area contributed by atoms with Crippen molar-refractivity contribution in [2.75, 3.05) is 11.4 Å². The van der Waals surface area contributed by atoms with Gasteiger partial charge in [0.2, 0.25) is 15.9 Å². The lowest BCUT2D eigenvalue weighted by atomic mass is 10.1. The Bertz CT molecular complexity index is 964. The lowest BCUT2D eigenvalue weighted by Crippen LogP contribution is -2.33. The third-order valence-electron chi connectivity index (χ3n) is 5.24. The van der Waals surface area contributed by atoms with Gasteiger partial charge in [-0.05, 0) is 49.6 Å². The Morgan fingerprint density at radius 1 is 1.23 bits per heavy atom. The third-order valence-corrected chi connectivity index (χ3v) is 7.08. The first-order valence-corrected chi connectivity index (χ1v) is 10.3. The molecule has 2 aromatic rings. The number of furan rings is 1. The summed E-state index contributed by atoms with van der Waals surface area (Å²) in [5.74, 6) is 0.856. The van der Waals surface area contributed by atoms with E-state index >= 15 is 0 Å². The number of benzene rings is 1. The highest BCUT2D eigenvalue weighted by atomic mass is 32.2. The van der Waals surface area contributed by atoms with Crippen molar-refractivity contribution in [2.45, 2.75) is 50.6 Å². The minimum absolute atomic E-state index is 0.0214. The molecule has 4 rings (SSSR count). The highest BCUT2D eigenvalue weighted by Crippen LogP contribution is 2.35. The van der Waals surface area contributed by atoms with E-state index in [9.17, 15) is 13.2 Å². The molecule has 138 valence electrons. The predicted octanol–water partition coefficient (Wildman–Crippen LogP) is 2.71. The second-order valence-electron chi connectivity index (χ2n) is 7.04. The maximum Gasteiger partial charge on any atom is 0.243 e. The van der Waals surface area contributed by atoms with E-state index in [1.165, 1.54) is 11.2 Å². The number of nitrogens with zero attached hydrogens (tertiary/aromatic N) is 2. The number of anilines is 1. The van der Waals surface area contributed by atoms with Crippen LogP contribution in [0.3, 0.4) is 0 Å². The first-order valence-electron chi connectivity index (χ1n) is 8.86. The fraction of sp³-hybridized carbons (Fsp3) is 0.421. The van der Waals surface area contributed by atoms with Gasteiger partial charge in [-0.1, -0.05) is 0 Å². The molecular weight excluding hydrogens is 352 g/mol. The molecule has 1 unspecified atom stereocenters. The van der Waals surface area contributed by atoms with Crippen LogP contribution in [-0.4, -0.2) is 31.2 Å². The molecule has 0 saturated heterocycles. The van der Waals surface area contributed by atoms with Gasteiger partial charge in [0.25, 0.3) is 0 Å². The van der Waals surface area contributed by atoms with E-state index < -0.39 is 10.0 Å². The van der Waals surface area contributed by atoms with Crippen molar-refractivity contribution in [3.63, 3.8) is 0 Å². The summed E-state index contributed by atoms with van der Waals surface area (Å²) in [4.78, 5) is 13.9. The Balaban J connectivity index is 1.67. The smallest absolute Gasteiger partial charge is 0.243 e. The van der Waals surface area contributed by atoms with Crippen molar-refractivity contribution in [1.82, 2.24) is 4.31 Å². The van der Waals surface area contributed by atoms with Gasteiger partial charge in [0.1, 0.15) is 5.76 Å². The standard InChI is InChI=1S/C19H22N2O4S/c1-13-10-16-11-17(5-6-18(16)21(13)14(2)22)26(23,24)20-8-3-4-19-15(12-20)7-9-25-19/h5-7,9,11,13H,3-4,8,10,12H2,1-2H3. The van der Waals surface area contributed by atoms with Gasteiger partial charge in [-0.3, -0.25) is 4.79 Å². The topological polar surface area (TPSA) is 70.8 Å². The van der Waals surface area contributed by atoms with Crippen LogP contribution < -0.4 is 4.90 Å². The van der Waals surface area contributed by atoms with Crippen LogP contribution in [0.5, 0.6) is 0 Å². The number of sulfonamides is 1. The minimum Gasteiger partial charge on any atom is -0.469 e. The van der Waals surface area contributed by atoms with Gasteiger partial charge in [-0.15, -0.1) is 0 Å². The summed E-state index contributed by atoms with van der Waals surface area (Å²) in [5.41, 5.74) is 2.66. The van der Waals surface area contributed by atoms with Gasteiger partial charge in [-0.2, -0.15) is 4.31 Å². The van der Waals surface area contributed by atoms with Crippen LogP contribution in [0.15, 0.2) is 39.8 Å². The molecule has 7 heteroatoms. The highest BCUT2D eigenvalue weighted by molar-refractivity contribution is 7.89. The minimum atomic E-state index is -3.59. The normalized spacial score (nSPS) is 20.5. The lowest BCUT2D eigenvalue weighted by molar-refractivity contribution is -0.116. The molecule has 0 bridgehead atoms. The Morgan fingerprint density at radius 2 is 2.04 bits per heavy atom. The maximum atomic E-state index is 13.2. The molecule has 26 heavy (non-hydrogen) atoms. The van der Waals surface area contributed by atoms with Gasteiger partial charge in [-0.25, -0.2) is 8.42 Å². The summed E-state index contributed by atoms with van der Waals surface area (Å²) in [6.45, 7) is 4.32. The highest BCUT2D eigenvalue weighted by Gasteiger charge is 2.32. The number of fused-ring (bicyclic) bond motifs is 2. The second kappa shape index (κ2) is 6.25. The Morgan fingerprint density at radius 3 is 2.81 bits per heavy atom. The predicted molar refractivity (Wildman–Crippen MR) is 97.4 cm³/mol. The maximum absolute atomic E-state index is 13.2. The SMILES string of the molecule is CC(=O)N1c2ccc(S(=O)(=O)N3CCCc4occc4C3)cc2CC1C. The van der Waals surface area contributed by atoms with Crippen molar-refractivity contribution in [1.29, 1.82) is 0 Å². The summed E-state index contributed by atoms with van der Waals surface area (Å²) in [7, 11) is -3.59. The Labute approximate surface area is 153 Å². The van der Waals surface area contributed by atoms with Crippen molar-refractivity contribution >= 4 is 21.6 Å². The van der Waals surface area contributed by atoms with Crippen molar-refractivity contribution in [2.24, 2.45) is 0 Å². The molecule has 2 aliphatic rings. The molecule has 1 atom stereocenters. The number of aryl methyl sites for hydroxylation is 1. The van der Waals surface area contributed by atoms with Crippen LogP contribution in [0, 0.1) is 0 Å². The molecule has 0 spiro atoms. The van der Waals surface area contributed by atoms with Gasteiger partial charge >= 0.3 is 0 Å². The zero-order valence-electron chi connectivity index (χ0n) is 14.9. The molecule has 0 N–H and O–H groups in total. The largest absolute Gasteiger partial charge is 0.469 e. The number of carbonyl (C=O) groups is 1. The van der Waals surface area contributed by atoms with E-state index in [-0.39, 0.29) is 11.9 Å². The average Bonchev–Trinajstić information content (AvgIpc) is 3.10. The Hall–Kier alpha value is -2.12. The van der Waals surface area contributed by atoms with Crippen LogP contribution in [0.25, 0.3) is 0 Å².